The number of ether oxygens (including phenoxy) is 4. The van der Waals surface area contributed by atoms with E-state index in [4.69, 9.17) is 65.4 Å². The fourth-order valence-electron chi connectivity index (χ4n) is 17.8. The number of benzene rings is 15. The molecule has 14 nitrogen and oxygen atoms in total. The van der Waals surface area contributed by atoms with Crippen LogP contribution in [0.4, 0.5) is 34.1 Å². The van der Waals surface area contributed by atoms with Gasteiger partial charge in [-0.2, -0.15) is 0 Å². The number of rotatable bonds is 22. The Morgan fingerprint density at radius 3 is 0.685 bits per heavy atom. The van der Waals surface area contributed by atoms with E-state index in [-0.39, 0.29) is 129 Å². The normalized spacial score (nSPS) is 13.0. The van der Waals surface area contributed by atoms with Crippen LogP contribution in [0.5, 0.6) is 46.0 Å². The van der Waals surface area contributed by atoms with Crippen LogP contribution in [-0.4, -0.2) is 108 Å². The molecule has 0 atom stereocenters. The van der Waals surface area contributed by atoms with Crippen molar-refractivity contribution in [2.75, 3.05) is 94.4 Å². The molecular weight excluding hydrogens is 1790 g/mol. The molecule has 0 saturated carbocycles. The molecule has 2 aliphatic rings. The average Bonchev–Trinajstić information content (AvgIpc) is 0.667. The highest BCUT2D eigenvalue weighted by molar-refractivity contribution is 6.48. The van der Waals surface area contributed by atoms with Gasteiger partial charge in [-0.05, 0) is 214 Å². The first kappa shape index (κ1) is 96.8. The van der Waals surface area contributed by atoms with E-state index < -0.39 is 23.6 Å². The lowest BCUT2D eigenvalue weighted by atomic mass is 9.80. The predicted octanol–water partition coefficient (Wildman–Crippen LogP) is 17.1. The van der Waals surface area contributed by atoms with Crippen molar-refractivity contribution in [2.45, 2.75) is 79.1 Å². The van der Waals surface area contributed by atoms with E-state index in [0.29, 0.717) is 127 Å². The molecule has 2 heterocycles. The molecule has 15 aromatic carbocycles. The molecule has 0 radical (unpaired) electrons. The third-order valence-corrected chi connectivity index (χ3v) is 25.5. The number of amides is 4. The number of carbonyl (C=O) groups is 4. The lowest BCUT2D eigenvalue weighted by Gasteiger charge is -2.35. The summed E-state index contributed by atoms with van der Waals surface area (Å²) in [6, 6.07) is 73.5. The highest BCUT2D eigenvalue weighted by Crippen LogP contribution is 2.61. The maximum Gasteiger partial charge on any atom is 0.266 e. The van der Waals surface area contributed by atoms with Crippen molar-refractivity contribution in [1.82, 2.24) is 17.9 Å². The minimum absolute atomic E-state index is 0. The van der Waals surface area contributed by atoms with Crippen LogP contribution in [0.3, 0.4) is 0 Å². The zero-order valence-electron chi connectivity index (χ0n) is 76.2. The second-order valence-corrected chi connectivity index (χ2v) is 39.7. The van der Waals surface area contributed by atoms with Gasteiger partial charge in [-0.1, -0.05) is 162 Å². The van der Waals surface area contributed by atoms with Crippen LogP contribution in [0, 0.1) is 0 Å². The fraction of sp³-hybridized carbons (Fsp3) is 0.222. The molecule has 15 aromatic rings. The first-order chi connectivity index (χ1) is 59.6. The van der Waals surface area contributed by atoms with E-state index >= 15 is 19.2 Å². The number of quaternary nitrogens is 4. The first-order valence-electron chi connectivity index (χ1n) is 42.6. The van der Waals surface area contributed by atoms with Crippen LogP contribution in [0.1, 0.15) is 143 Å². The molecule has 0 unspecified atom stereocenters. The van der Waals surface area contributed by atoms with Gasteiger partial charge in [0, 0.05) is 110 Å². The van der Waals surface area contributed by atoms with Gasteiger partial charge in [-0.25, -0.2) is 9.80 Å². The zero-order chi connectivity index (χ0) is 89.7. The maximum atomic E-state index is 17.4. The quantitative estimate of drug-likeness (QED) is 0.0285. The van der Waals surface area contributed by atoms with Gasteiger partial charge in [0.2, 0.25) is 0 Å². The van der Waals surface area contributed by atoms with Gasteiger partial charge in [0.05, 0.1) is 118 Å². The first-order valence-corrected chi connectivity index (χ1v) is 44.1. The minimum atomic E-state index is -0.627. The molecule has 17 rings (SSSR count). The summed E-state index contributed by atoms with van der Waals surface area (Å²) >= 11 is 27.7. The van der Waals surface area contributed by atoms with Gasteiger partial charge in [0.1, 0.15) is 68.7 Å². The van der Waals surface area contributed by atoms with Crippen molar-refractivity contribution in [3.05, 3.63) is 295 Å². The molecule has 0 aromatic heterocycles. The van der Waals surface area contributed by atoms with E-state index in [1.807, 2.05) is 97.1 Å². The topological polar surface area (TPSA) is 112 Å². The van der Waals surface area contributed by atoms with Crippen molar-refractivity contribution >= 4 is 147 Å². The number of fused-ring (bicyclic) bond motifs is 2. The van der Waals surface area contributed by atoms with Crippen LogP contribution < -0.4 is 96.3 Å². The van der Waals surface area contributed by atoms with Crippen LogP contribution in [0.15, 0.2) is 231 Å². The Labute approximate surface area is 805 Å². The smallest absolute Gasteiger partial charge is 0.266 e. The van der Waals surface area contributed by atoms with Gasteiger partial charge in [-0.15, -0.1) is 0 Å². The summed E-state index contributed by atoms with van der Waals surface area (Å²) < 4.78 is 34.0. The van der Waals surface area contributed by atoms with Gasteiger partial charge < -0.3 is 68.6 Å². The van der Waals surface area contributed by atoms with Crippen LogP contribution in [0.2, 0.25) is 20.1 Å². The van der Waals surface area contributed by atoms with E-state index in [1.54, 1.807) is 72.8 Å². The third-order valence-electron chi connectivity index (χ3n) is 24.5. The SMILES string of the molecule is CC(C)c1cccc(C(C)C)c1N1C(=O)c2cc(Oc3ccc(Cl)cc3-c3ccc(Cl)cc3)c3c4c(Oc5ccc(Cl)cc5-c5ccc(Cl)cc5)cc5c6c(cc(Oc7ccc([N+](C)(C)C)cc7-c7ccc([N+](C)(C)C)cc7)c(c7c(Oc8ccc([N+](C)(C)C)cc8-c8ccc([N+](C)(C)C)cc8)cc(c2c37)C1=O)c64)C(=O)N(c1c(C(C)C)cccc1C(C)C)C5=O.[Cl-].[Cl-].[Cl-].[Cl-]. The summed E-state index contributed by atoms with van der Waals surface area (Å²) in [5.41, 5.74) is 14.2. The Balaban J connectivity index is 0.00000360. The maximum absolute atomic E-state index is 17.4. The van der Waals surface area contributed by atoms with E-state index in [0.717, 1.165) is 67.3 Å². The number of halogens is 8. The van der Waals surface area contributed by atoms with E-state index in [2.05, 4.69) is 201 Å². The summed E-state index contributed by atoms with van der Waals surface area (Å²) in [5.74, 6) is -1.32. The van der Waals surface area contributed by atoms with Crippen molar-refractivity contribution in [1.29, 1.82) is 0 Å². The van der Waals surface area contributed by atoms with Crippen molar-refractivity contribution in [3.63, 3.8) is 0 Å². The van der Waals surface area contributed by atoms with Crippen LogP contribution in [0.25, 0.3) is 87.6 Å². The second kappa shape index (κ2) is 36.4. The molecule has 2 aliphatic heterocycles. The molecule has 22 heteroatoms. The Kier molecular flexibility index (Phi) is 27.1. The summed E-state index contributed by atoms with van der Waals surface area (Å²) in [6.45, 7) is 16.5. The number of hydrogen-bond donors (Lipinski definition) is 0. The molecule has 0 saturated heterocycles. The lowest BCUT2D eigenvalue weighted by molar-refractivity contribution is -0.00100. The fourth-order valence-corrected chi connectivity index (χ4v) is 18.4. The highest BCUT2D eigenvalue weighted by atomic mass is 35.5. The predicted molar refractivity (Wildman–Crippen MR) is 525 cm³/mol. The van der Waals surface area contributed by atoms with Crippen molar-refractivity contribution < 1.29 is 87.8 Å². The molecule has 0 spiro atoms. The van der Waals surface area contributed by atoms with Gasteiger partial charge >= 0.3 is 0 Å². The number of hydrogen-bond acceptors (Lipinski definition) is 8. The minimum Gasteiger partial charge on any atom is -1.00 e. The summed E-state index contributed by atoms with van der Waals surface area (Å²) in [7, 11) is 25.4. The monoisotopic (exact) mass is 1890 g/mol. The molecule has 668 valence electrons. The summed E-state index contributed by atoms with van der Waals surface area (Å²) in [6.07, 6.45) is 0. The molecule has 0 fully saturated rings. The van der Waals surface area contributed by atoms with Crippen LogP contribution in [-0.2, 0) is 0 Å². The number of anilines is 2. The Morgan fingerprint density at radius 2 is 0.446 bits per heavy atom. The average molecular weight is 1900 g/mol. The highest BCUT2D eigenvalue weighted by Gasteiger charge is 2.45. The summed E-state index contributed by atoms with van der Waals surface area (Å²) in [5, 5.41) is 4.17. The largest absolute Gasteiger partial charge is 1.00 e. The number of imide groups is 2. The Morgan fingerprint density at radius 1 is 0.231 bits per heavy atom. The number of nitrogens with zero attached hydrogens (tertiary/aromatic N) is 6. The molecular formula is C108H102Cl8N6O8. The summed E-state index contributed by atoms with van der Waals surface area (Å²) in [4.78, 5) is 72.3. The standard InChI is InChI=1S/C108H102Cl4N6O8.4ClH/c1-59(2)75-23-21-24-76(60(3)4)103(75)113-105(119)83-55-91(123-87-47-39-69(111)51-79(87)63-27-35-67(109)36-28-63)97-98-92(124-88-48-40-70(112)52-80(88)64-29-37-68(110)38-30-64)56-84-96-86(108(122)114(106(84)120)104-77(61(5)6)25-22-26-78(104)62(7)8)58-94(126-90-50-46-74(118(18,19)20)54-82(90)66-33-43-72(44-34-66)116(12,13)14)100(102(96)98)99-93(57-85(107(113)121)95(83)101(97)99)125-89-49-45-73(117(15,16)17)53-81(89)65-31-41-71(42-32-65)115(9,10)11;;;;/h21-62H,1-20H3;4*1H/q+4;;;;/p-4. The zero-order valence-corrected chi connectivity index (χ0v) is 82.3. The molecule has 0 bridgehead atoms. The van der Waals surface area contributed by atoms with E-state index in [9.17, 15) is 0 Å². The molecule has 4 amide bonds. The Bertz CT molecular complexity index is 6560. The second-order valence-electron chi connectivity index (χ2n) is 38.0. The van der Waals surface area contributed by atoms with Crippen molar-refractivity contribution in [3.8, 4) is 90.5 Å². The Hall–Kier alpha value is -10.8. The van der Waals surface area contributed by atoms with Crippen LogP contribution >= 0.6 is 46.4 Å². The number of carbonyl (C=O) groups excluding carboxylic acids is 4. The van der Waals surface area contributed by atoms with Gasteiger partial charge in [-0.3, -0.25) is 37.1 Å². The molecule has 0 aliphatic carbocycles. The van der Waals surface area contributed by atoms with Gasteiger partial charge in [0.25, 0.3) is 23.6 Å². The van der Waals surface area contributed by atoms with Gasteiger partial charge in [0.15, 0.2) is 0 Å². The third kappa shape index (κ3) is 17.5. The lowest BCUT2D eigenvalue weighted by Crippen LogP contribution is -3.00. The number of para-hydroxylation sites is 2. The molecule has 130 heavy (non-hydrogen) atoms. The van der Waals surface area contributed by atoms with E-state index in [1.165, 1.54) is 9.80 Å². The van der Waals surface area contributed by atoms with Crippen molar-refractivity contribution in [2.24, 2.45) is 0 Å². The molecule has 0 N–H and O–H groups in total.